The van der Waals surface area contributed by atoms with E-state index in [2.05, 4.69) is 9.97 Å². The van der Waals surface area contributed by atoms with Crippen LogP contribution in [0.1, 0.15) is 36.1 Å². The Morgan fingerprint density at radius 3 is 2.61 bits per heavy atom. The highest BCUT2D eigenvalue weighted by Crippen LogP contribution is 2.18. The lowest BCUT2D eigenvalue weighted by molar-refractivity contribution is 0.0690. The van der Waals surface area contributed by atoms with Crippen molar-refractivity contribution in [2.75, 3.05) is 31.2 Å². The summed E-state index contributed by atoms with van der Waals surface area (Å²) in [5, 5.41) is 9.08. The van der Waals surface area contributed by atoms with Crippen LogP contribution in [-0.2, 0) is 4.74 Å². The molecule has 0 saturated carbocycles. The number of aromatic carboxylic acids is 1. The second kappa shape index (κ2) is 5.30. The molecule has 0 unspecified atom stereocenters. The van der Waals surface area contributed by atoms with Crippen LogP contribution >= 0.6 is 0 Å². The summed E-state index contributed by atoms with van der Waals surface area (Å²) in [6.45, 7) is 6.64. The summed E-state index contributed by atoms with van der Waals surface area (Å²) in [7, 11) is 0. The van der Waals surface area contributed by atoms with E-state index in [-0.39, 0.29) is 11.6 Å². The van der Waals surface area contributed by atoms with Crippen molar-refractivity contribution in [2.24, 2.45) is 0 Å². The highest BCUT2D eigenvalue weighted by Gasteiger charge is 2.18. The van der Waals surface area contributed by atoms with Gasteiger partial charge in [0.1, 0.15) is 11.6 Å². The number of rotatable bonds is 3. The van der Waals surface area contributed by atoms with Crippen LogP contribution in [0.3, 0.4) is 0 Å². The number of ether oxygens (including phenoxy) is 1. The van der Waals surface area contributed by atoms with Gasteiger partial charge in [0, 0.05) is 25.1 Å². The van der Waals surface area contributed by atoms with Gasteiger partial charge in [-0.3, -0.25) is 0 Å². The number of carboxylic acids is 1. The lowest BCUT2D eigenvalue weighted by Crippen LogP contribution is -2.37. The maximum Gasteiger partial charge on any atom is 0.354 e. The normalized spacial score (nSPS) is 16.1. The van der Waals surface area contributed by atoms with Gasteiger partial charge >= 0.3 is 5.97 Å². The van der Waals surface area contributed by atoms with Crippen molar-refractivity contribution in [3.63, 3.8) is 0 Å². The molecule has 18 heavy (non-hydrogen) atoms. The lowest BCUT2D eigenvalue weighted by atomic mass is 10.2. The van der Waals surface area contributed by atoms with Gasteiger partial charge in [0.05, 0.1) is 13.2 Å². The van der Waals surface area contributed by atoms with Crippen molar-refractivity contribution in [3.8, 4) is 0 Å². The Labute approximate surface area is 106 Å². The van der Waals surface area contributed by atoms with Gasteiger partial charge in [0.2, 0.25) is 0 Å². The van der Waals surface area contributed by atoms with E-state index in [0.717, 1.165) is 13.1 Å². The van der Waals surface area contributed by atoms with Crippen LogP contribution in [0.25, 0.3) is 0 Å². The minimum absolute atomic E-state index is 0.0511. The molecule has 1 aromatic heterocycles. The fourth-order valence-electron chi connectivity index (χ4n) is 1.77. The second-order valence-corrected chi connectivity index (χ2v) is 4.53. The van der Waals surface area contributed by atoms with Crippen molar-refractivity contribution >= 4 is 11.8 Å². The molecule has 0 atom stereocenters. The molecule has 0 radical (unpaired) electrons. The molecule has 6 nitrogen and oxygen atoms in total. The van der Waals surface area contributed by atoms with Gasteiger partial charge in [-0.15, -0.1) is 0 Å². The van der Waals surface area contributed by atoms with E-state index in [0.29, 0.717) is 24.9 Å². The van der Waals surface area contributed by atoms with Gasteiger partial charge in [-0.25, -0.2) is 14.8 Å². The Hall–Kier alpha value is -1.69. The molecular weight excluding hydrogens is 234 g/mol. The Morgan fingerprint density at radius 1 is 1.39 bits per heavy atom. The van der Waals surface area contributed by atoms with E-state index in [4.69, 9.17) is 9.84 Å². The molecule has 0 spiro atoms. The van der Waals surface area contributed by atoms with Crippen LogP contribution in [0.15, 0.2) is 6.07 Å². The Morgan fingerprint density at radius 2 is 2.06 bits per heavy atom. The van der Waals surface area contributed by atoms with E-state index in [1.54, 1.807) is 0 Å². The molecule has 1 saturated heterocycles. The molecule has 1 fully saturated rings. The van der Waals surface area contributed by atoms with Gasteiger partial charge in [-0.05, 0) is 0 Å². The Balaban J connectivity index is 2.35. The predicted molar refractivity (Wildman–Crippen MR) is 66.1 cm³/mol. The molecule has 0 amide bonds. The van der Waals surface area contributed by atoms with Crippen molar-refractivity contribution < 1.29 is 14.6 Å². The Kier molecular flexibility index (Phi) is 3.76. The van der Waals surface area contributed by atoms with Crippen LogP contribution in [0, 0.1) is 0 Å². The summed E-state index contributed by atoms with van der Waals surface area (Å²) >= 11 is 0. The zero-order valence-corrected chi connectivity index (χ0v) is 10.6. The van der Waals surface area contributed by atoms with E-state index in [1.807, 2.05) is 18.7 Å². The number of carbonyl (C=O) groups is 1. The monoisotopic (exact) mass is 251 g/mol. The van der Waals surface area contributed by atoms with Gasteiger partial charge in [-0.2, -0.15) is 0 Å². The topological polar surface area (TPSA) is 75.5 Å². The first kappa shape index (κ1) is 12.8. The summed E-state index contributed by atoms with van der Waals surface area (Å²) in [6, 6.07) is 1.53. The summed E-state index contributed by atoms with van der Waals surface area (Å²) in [4.78, 5) is 21.6. The number of carboxylic acid groups (broad SMARTS) is 1. The number of anilines is 1. The summed E-state index contributed by atoms with van der Waals surface area (Å²) < 4.78 is 5.28. The number of morpholine rings is 1. The quantitative estimate of drug-likeness (QED) is 0.868. The van der Waals surface area contributed by atoms with Gasteiger partial charge < -0.3 is 14.7 Å². The third-order valence-corrected chi connectivity index (χ3v) is 2.80. The summed E-state index contributed by atoms with van der Waals surface area (Å²) in [5.41, 5.74) is 0.0511. The van der Waals surface area contributed by atoms with Crippen molar-refractivity contribution in [1.29, 1.82) is 0 Å². The molecule has 1 aliphatic heterocycles. The highest BCUT2D eigenvalue weighted by molar-refractivity contribution is 5.86. The largest absolute Gasteiger partial charge is 0.477 e. The van der Waals surface area contributed by atoms with Crippen LogP contribution in [-0.4, -0.2) is 47.3 Å². The van der Waals surface area contributed by atoms with E-state index < -0.39 is 5.97 Å². The molecule has 0 aromatic carbocycles. The maximum absolute atomic E-state index is 11.1. The molecule has 0 bridgehead atoms. The minimum atomic E-state index is -1.02. The fourth-order valence-corrected chi connectivity index (χ4v) is 1.77. The number of aromatic nitrogens is 2. The van der Waals surface area contributed by atoms with Gasteiger partial charge in [-0.1, -0.05) is 13.8 Å². The molecule has 0 aliphatic carbocycles. The SMILES string of the molecule is CC(C)c1nc(C(=O)O)cc(N2CCOCC2)n1. The second-order valence-electron chi connectivity index (χ2n) is 4.53. The third kappa shape index (κ3) is 2.76. The minimum Gasteiger partial charge on any atom is -0.477 e. The van der Waals surface area contributed by atoms with Crippen molar-refractivity contribution in [2.45, 2.75) is 19.8 Å². The van der Waals surface area contributed by atoms with Crippen LogP contribution in [0.2, 0.25) is 0 Å². The molecule has 98 valence electrons. The average Bonchev–Trinajstić information content (AvgIpc) is 2.39. The molecular formula is C12H17N3O3. The zero-order chi connectivity index (χ0) is 13.1. The number of nitrogens with zero attached hydrogens (tertiary/aromatic N) is 3. The summed E-state index contributed by atoms with van der Waals surface area (Å²) in [5.74, 6) is 0.323. The van der Waals surface area contributed by atoms with Crippen molar-refractivity contribution in [1.82, 2.24) is 9.97 Å². The first-order chi connectivity index (χ1) is 8.58. The molecule has 1 N–H and O–H groups in total. The van der Waals surface area contributed by atoms with Gasteiger partial charge in [0.25, 0.3) is 0 Å². The van der Waals surface area contributed by atoms with E-state index in [9.17, 15) is 4.79 Å². The first-order valence-electron chi connectivity index (χ1n) is 6.03. The smallest absolute Gasteiger partial charge is 0.354 e. The van der Waals surface area contributed by atoms with Gasteiger partial charge in [0.15, 0.2) is 5.69 Å². The van der Waals surface area contributed by atoms with Crippen LogP contribution < -0.4 is 4.90 Å². The molecule has 1 aromatic rings. The van der Waals surface area contributed by atoms with Crippen molar-refractivity contribution in [3.05, 3.63) is 17.6 Å². The van der Waals surface area contributed by atoms with E-state index >= 15 is 0 Å². The molecule has 6 heteroatoms. The number of hydrogen-bond donors (Lipinski definition) is 1. The molecule has 2 rings (SSSR count). The first-order valence-corrected chi connectivity index (χ1v) is 6.03. The standard InChI is InChI=1S/C12H17N3O3/c1-8(2)11-13-9(12(16)17)7-10(14-11)15-3-5-18-6-4-15/h7-8H,3-6H2,1-2H3,(H,16,17). The van der Waals surface area contributed by atoms with Crippen LogP contribution in [0.4, 0.5) is 5.82 Å². The van der Waals surface area contributed by atoms with Crippen LogP contribution in [0.5, 0.6) is 0 Å². The fraction of sp³-hybridized carbons (Fsp3) is 0.583. The molecule has 1 aliphatic rings. The average molecular weight is 251 g/mol. The highest BCUT2D eigenvalue weighted by atomic mass is 16.5. The Bertz CT molecular complexity index is 442. The third-order valence-electron chi connectivity index (χ3n) is 2.80. The predicted octanol–water partition coefficient (Wildman–Crippen LogP) is 1.13. The number of hydrogen-bond acceptors (Lipinski definition) is 5. The molecule has 2 heterocycles. The maximum atomic E-state index is 11.1. The van der Waals surface area contributed by atoms with E-state index in [1.165, 1.54) is 6.07 Å². The zero-order valence-electron chi connectivity index (χ0n) is 10.6. The summed E-state index contributed by atoms with van der Waals surface area (Å²) in [6.07, 6.45) is 0. The lowest BCUT2D eigenvalue weighted by Gasteiger charge is -2.28.